The van der Waals surface area contributed by atoms with Gasteiger partial charge in [0.2, 0.25) is 0 Å². The number of ether oxygens (including phenoxy) is 1. The zero-order valence-corrected chi connectivity index (χ0v) is 11.5. The van der Waals surface area contributed by atoms with Crippen LogP contribution in [-0.2, 0) is 4.74 Å². The molecule has 0 radical (unpaired) electrons. The van der Waals surface area contributed by atoms with Crippen LogP contribution in [-0.4, -0.2) is 31.3 Å². The van der Waals surface area contributed by atoms with E-state index in [4.69, 9.17) is 4.74 Å². The number of amides is 1. The van der Waals surface area contributed by atoms with Crippen molar-refractivity contribution in [2.75, 3.05) is 19.6 Å². The first kappa shape index (κ1) is 14.3. The van der Waals surface area contributed by atoms with Crippen LogP contribution >= 0.6 is 0 Å². The molecule has 2 N–H and O–H groups in total. The van der Waals surface area contributed by atoms with Crippen LogP contribution in [0.25, 0.3) is 0 Å². The van der Waals surface area contributed by atoms with Gasteiger partial charge in [-0.05, 0) is 58.5 Å². The minimum absolute atomic E-state index is 0.307. The molecule has 0 bridgehead atoms. The topological polar surface area (TPSA) is 50.4 Å². The number of alkyl carbamates (subject to hydrolysis) is 1. The lowest BCUT2D eigenvalue weighted by atomic mass is 9.86. The molecule has 1 saturated heterocycles. The molecule has 1 heterocycles. The molecular formula is C13H26N2O2. The first-order valence-electron chi connectivity index (χ1n) is 6.56. The zero-order valence-electron chi connectivity index (χ0n) is 11.5. The van der Waals surface area contributed by atoms with Crippen molar-refractivity contribution < 1.29 is 9.53 Å². The van der Waals surface area contributed by atoms with E-state index in [1.165, 1.54) is 12.8 Å². The molecule has 0 aromatic heterocycles. The van der Waals surface area contributed by atoms with E-state index >= 15 is 0 Å². The Labute approximate surface area is 104 Å². The van der Waals surface area contributed by atoms with Gasteiger partial charge in [-0.25, -0.2) is 4.79 Å². The number of carbonyl (C=O) groups is 1. The van der Waals surface area contributed by atoms with E-state index in [0.29, 0.717) is 18.4 Å². The molecule has 0 aliphatic carbocycles. The summed E-state index contributed by atoms with van der Waals surface area (Å²) < 4.78 is 5.21. The highest BCUT2D eigenvalue weighted by Crippen LogP contribution is 2.20. The molecule has 1 unspecified atom stereocenters. The lowest BCUT2D eigenvalue weighted by Gasteiger charge is -2.28. The van der Waals surface area contributed by atoms with Crippen molar-refractivity contribution in [1.82, 2.24) is 10.6 Å². The smallest absolute Gasteiger partial charge is 0.407 e. The third-order valence-electron chi connectivity index (χ3n) is 3.16. The van der Waals surface area contributed by atoms with E-state index in [1.54, 1.807) is 0 Å². The quantitative estimate of drug-likeness (QED) is 0.797. The van der Waals surface area contributed by atoms with E-state index in [9.17, 15) is 4.79 Å². The summed E-state index contributed by atoms with van der Waals surface area (Å²) in [6.07, 6.45) is 2.10. The van der Waals surface area contributed by atoms with Gasteiger partial charge in [0.25, 0.3) is 0 Å². The van der Waals surface area contributed by atoms with E-state index < -0.39 is 5.60 Å². The minimum Gasteiger partial charge on any atom is -0.444 e. The molecule has 4 nitrogen and oxygen atoms in total. The van der Waals surface area contributed by atoms with E-state index in [-0.39, 0.29) is 6.09 Å². The Kier molecular flexibility index (Phi) is 5.25. The lowest BCUT2D eigenvalue weighted by molar-refractivity contribution is 0.0513. The van der Waals surface area contributed by atoms with Gasteiger partial charge in [-0.2, -0.15) is 0 Å². The number of carbonyl (C=O) groups excluding carboxylic acids is 1. The van der Waals surface area contributed by atoms with E-state index in [2.05, 4.69) is 17.6 Å². The number of hydrogen-bond donors (Lipinski definition) is 2. The summed E-state index contributed by atoms with van der Waals surface area (Å²) in [5.74, 6) is 1.23. The van der Waals surface area contributed by atoms with Gasteiger partial charge in [0.05, 0.1) is 0 Å². The second kappa shape index (κ2) is 6.24. The Balaban J connectivity index is 2.22. The van der Waals surface area contributed by atoms with Crippen LogP contribution in [0.4, 0.5) is 4.79 Å². The van der Waals surface area contributed by atoms with Gasteiger partial charge in [-0.15, -0.1) is 0 Å². The molecule has 1 fully saturated rings. The normalized spacial score (nSPS) is 19.8. The summed E-state index contributed by atoms with van der Waals surface area (Å²) in [5.41, 5.74) is -0.415. The molecule has 1 aliphatic heterocycles. The molecule has 0 aromatic carbocycles. The number of rotatable bonds is 3. The number of nitrogens with one attached hydrogen (secondary N) is 2. The van der Waals surface area contributed by atoms with Crippen LogP contribution in [0, 0.1) is 11.8 Å². The van der Waals surface area contributed by atoms with Crippen molar-refractivity contribution in [1.29, 1.82) is 0 Å². The molecule has 0 aromatic rings. The SMILES string of the molecule is CC(CNC(=O)OC(C)(C)C)C1CCNCC1. The fraction of sp³-hybridized carbons (Fsp3) is 0.923. The summed E-state index contributed by atoms with van der Waals surface area (Å²) in [7, 11) is 0. The van der Waals surface area contributed by atoms with Gasteiger partial charge in [0.15, 0.2) is 0 Å². The molecule has 1 atom stereocenters. The highest BCUT2D eigenvalue weighted by Gasteiger charge is 2.21. The van der Waals surface area contributed by atoms with Crippen LogP contribution in [0.15, 0.2) is 0 Å². The molecular weight excluding hydrogens is 216 g/mol. The predicted molar refractivity (Wildman–Crippen MR) is 69.0 cm³/mol. The first-order chi connectivity index (χ1) is 7.88. The van der Waals surface area contributed by atoms with Crippen LogP contribution < -0.4 is 10.6 Å². The third-order valence-corrected chi connectivity index (χ3v) is 3.16. The Morgan fingerprint density at radius 1 is 1.41 bits per heavy atom. The highest BCUT2D eigenvalue weighted by molar-refractivity contribution is 5.67. The maximum absolute atomic E-state index is 11.5. The molecule has 4 heteroatoms. The molecule has 1 amide bonds. The predicted octanol–water partition coefficient (Wildman–Crippen LogP) is 2.15. The number of piperidine rings is 1. The summed E-state index contributed by atoms with van der Waals surface area (Å²) >= 11 is 0. The second-order valence-corrected chi connectivity index (χ2v) is 5.95. The van der Waals surface area contributed by atoms with Gasteiger partial charge in [0.1, 0.15) is 5.60 Å². The average molecular weight is 242 g/mol. The van der Waals surface area contributed by atoms with Crippen molar-refractivity contribution >= 4 is 6.09 Å². The third kappa shape index (κ3) is 5.91. The summed E-state index contributed by atoms with van der Waals surface area (Å²) in [5, 5.41) is 6.21. The standard InChI is InChI=1S/C13H26N2O2/c1-10(11-5-7-14-8-6-11)9-15-12(16)17-13(2,3)4/h10-11,14H,5-9H2,1-4H3,(H,15,16). The van der Waals surface area contributed by atoms with Crippen molar-refractivity contribution in [3.8, 4) is 0 Å². The Hall–Kier alpha value is -0.770. The van der Waals surface area contributed by atoms with Crippen LogP contribution in [0.2, 0.25) is 0 Å². The summed E-state index contributed by atoms with van der Waals surface area (Å²) in [6, 6.07) is 0. The van der Waals surface area contributed by atoms with Gasteiger partial charge >= 0.3 is 6.09 Å². The van der Waals surface area contributed by atoms with Gasteiger partial charge < -0.3 is 15.4 Å². The lowest BCUT2D eigenvalue weighted by Crippen LogP contribution is -2.38. The fourth-order valence-electron chi connectivity index (χ4n) is 2.14. The first-order valence-corrected chi connectivity index (χ1v) is 6.56. The summed E-state index contributed by atoms with van der Waals surface area (Å²) in [6.45, 7) is 10.7. The maximum Gasteiger partial charge on any atom is 0.407 e. The van der Waals surface area contributed by atoms with Crippen molar-refractivity contribution in [3.63, 3.8) is 0 Å². The molecule has 17 heavy (non-hydrogen) atoms. The fourth-order valence-corrected chi connectivity index (χ4v) is 2.14. The summed E-state index contributed by atoms with van der Waals surface area (Å²) in [4.78, 5) is 11.5. The molecule has 100 valence electrons. The highest BCUT2D eigenvalue weighted by atomic mass is 16.6. The minimum atomic E-state index is -0.415. The molecule has 0 spiro atoms. The van der Waals surface area contributed by atoms with Crippen molar-refractivity contribution in [3.05, 3.63) is 0 Å². The van der Waals surface area contributed by atoms with E-state index in [0.717, 1.165) is 13.1 Å². The van der Waals surface area contributed by atoms with E-state index in [1.807, 2.05) is 20.8 Å². The zero-order chi connectivity index (χ0) is 12.9. The van der Waals surface area contributed by atoms with Crippen LogP contribution in [0.1, 0.15) is 40.5 Å². The van der Waals surface area contributed by atoms with Crippen LogP contribution in [0.3, 0.4) is 0 Å². The van der Waals surface area contributed by atoms with Gasteiger partial charge in [0, 0.05) is 6.54 Å². The molecule has 0 saturated carbocycles. The van der Waals surface area contributed by atoms with Gasteiger partial charge in [-0.3, -0.25) is 0 Å². The van der Waals surface area contributed by atoms with Crippen molar-refractivity contribution in [2.45, 2.75) is 46.1 Å². The van der Waals surface area contributed by atoms with Gasteiger partial charge in [-0.1, -0.05) is 6.92 Å². The number of hydrogen-bond acceptors (Lipinski definition) is 3. The molecule has 1 rings (SSSR count). The Morgan fingerprint density at radius 3 is 2.53 bits per heavy atom. The Bertz CT molecular complexity index is 242. The second-order valence-electron chi connectivity index (χ2n) is 5.95. The molecule has 1 aliphatic rings. The monoisotopic (exact) mass is 242 g/mol. The van der Waals surface area contributed by atoms with Crippen molar-refractivity contribution in [2.24, 2.45) is 11.8 Å². The maximum atomic E-state index is 11.5. The Morgan fingerprint density at radius 2 is 2.00 bits per heavy atom. The average Bonchev–Trinajstić information content (AvgIpc) is 2.25. The van der Waals surface area contributed by atoms with Crippen LogP contribution in [0.5, 0.6) is 0 Å². The largest absolute Gasteiger partial charge is 0.444 e.